The summed E-state index contributed by atoms with van der Waals surface area (Å²) < 4.78 is 81.1. The SMILES string of the molecule is O=C1N=C(N2CCN(C(=O)O)[C@@H](CO)C2)SC1=Cc1ccc2c(cnn2Cc2ccc(C(F)(F)F)cc2C(F)(F)F)c1. The van der Waals surface area contributed by atoms with Gasteiger partial charge in [0, 0.05) is 25.0 Å². The molecule has 5 rings (SSSR count). The quantitative estimate of drug-likeness (QED) is 0.323. The number of rotatable bonds is 4. The number of amides is 2. The predicted octanol–water partition coefficient (Wildman–Crippen LogP) is 4.75. The molecule has 2 aliphatic heterocycles. The lowest BCUT2D eigenvalue weighted by Crippen LogP contribution is -2.57. The minimum atomic E-state index is -5.01. The summed E-state index contributed by atoms with van der Waals surface area (Å²) in [6, 6.07) is 5.66. The molecular formula is C26H21F6N5O4S. The summed E-state index contributed by atoms with van der Waals surface area (Å²) in [4.78, 5) is 31.2. The number of carbonyl (C=O) groups excluding carboxylic acids is 1. The van der Waals surface area contributed by atoms with Crippen LogP contribution in [0.1, 0.15) is 22.3 Å². The molecule has 2 amide bonds. The lowest BCUT2D eigenvalue weighted by molar-refractivity contribution is -0.143. The second kappa shape index (κ2) is 11.0. The van der Waals surface area contributed by atoms with E-state index in [2.05, 4.69) is 10.1 Å². The van der Waals surface area contributed by atoms with Gasteiger partial charge < -0.3 is 15.1 Å². The fourth-order valence-corrected chi connectivity index (χ4v) is 5.71. The van der Waals surface area contributed by atoms with Gasteiger partial charge in [-0.3, -0.25) is 14.4 Å². The molecule has 0 radical (unpaired) electrons. The van der Waals surface area contributed by atoms with Gasteiger partial charge >= 0.3 is 18.4 Å². The summed E-state index contributed by atoms with van der Waals surface area (Å²) in [6.45, 7) is -0.233. The minimum absolute atomic E-state index is 0.0912. The molecule has 3 aromatic rings. The lowest BCUT2D eigenvalue weighted by atomic mass is 10.0. The van der Waals surface area contributed by atoms with Crippen molar-refractivity contribution in [3.05, 3.63) is 69.8 Å². The first-order valence-electron chi connectivity index (χ1n) is 12.4. The number of piperazine rings is 1. The van der Waals surface area contributed by atoms with Gasteiger partial charge in [-0.25, -0.2) is 4.79 Å². The monoisotopic (exact) mass is 613 g/mol. The van der Waals surface area contributed by atoms with E-state index in [0.717, 1.165) is 22.7 Å². The van der Waals surface area contributed by atoms with E-state index in [1.807, 2.05) is 0 Å². The van der Waals surface area contributed by atoms with Gasteiger partial charge in [-0.15, -0.1) is 0 Å². The molecule has 0 bridgehead atoms. The largest absolute Gasteiger partial charge is 0.465 e. The fraction of sp³-hybridized carbons (Fsp3) is 0.308. The maximum atomic E-state index is 13.6. The van der Waals surface area contributed by atoms with E-state index in [-0.39, 0.29) is 42.8 Å². The molecular weight excluding hydrogens is 592 g/mol. The summed E-state index contributed by atoms with van der Waals surface area (Å²) >= 11 is 1.09. The molecule has 0 aliphatic carbocycles. The number of hydrogen-bond acceptors (Lipinski definition) is 6. The van der Waals surface area contributed by atoms with E-state index in [1.165, 1.54) is 10.9 Å². The Morgan fingerprint density at radius 2 is 1.83 bits per heavy atom. The van der Waals surface area contributed by atoms with Crippen molar-refractivity contribution < 1.29 is 46.1 Å². The summed E-state index contributed by atoms with van der Waals surface area (Å²) in [6.07, 6.45) is -8.10. The van der Waals surface area contributed by atoms with Gasteiger partial charge in [0.05, 0.1) is 46.9 Å². The zero-order valence-corrected chi connectivity index (χ0v) is 22.2. The summed E-state index contributed by atoms with van der Waals surface area (Å²) in [5, 5.41) is 23.9. The van der Waals surface area contributed by atoms with Crippen LogP contribution in [0.5, 0.6) is 0 Å². The third-order valence-corrected chi connectivity index (χ3v) is 7.89. The number of alkyl halides is 6. The molecule has 2 aromatic carbocycles. The average Bonchev–Trinajstić information content (AvgIpc) is 3.49. The van der Waals surface area contributed by atoms with Gasteiger partial charge in [0.15, 0.2) is 5.17 Å². The second-order valence-corrected chi connectivity index (χ2v) is 10.6. The molecule has 1 aromatic heterocycles. The minimum Gasteiger partial charge on any atom is -0.465 e. The van der Waals surface area contributed by atoms with Gasteiger partial charge in [-0.1, -0.05) is 12.1 Å². The Morgan fingerprint density at radius 3 is 2.50 bits per heavy atom. The van der Waals surface area contributed by atoms with Crippen LogP contribution in [-0.2, 0) is 23.7 Å². The Kier molecular flexibility index (Phi) is 7.70. The van der Waals surface area contributed by atoms with Crippen LogP contribution >= 0.6 is 11.8 Å². The van der Waals surface area contributed by atoms with Crippen molar-refractivity contribution >= 4 is 45.9 Å². The fourth-order valence-electron chi connectivity index (χ4n) is 4.76. The van der Waals surface area contributed by atoms with Crippen LogP contribution in [0.15, 0.2) is 52.5 Å². The van der Waals surface area contributed by atoms with Gasteiger partial charge in [0.25, 0.3) is 5.91 Å². The van der Waals surface area contributed by atoms with E-state index in [0.29, 0.717) is 27.7 Å². The second-order valence-electron chi connectivity index (χ2n) is 9.56. The van der Waals surface area contributed by atoms with E-state index >= 15 is 0 Å². The number of aliphatic hydroxyl groups excluding tert-OH is 1. The highest BCUT2D eigenvalue weighted by Crippen LogP contribution is 2.38. The van der Waals surface area contributed by atoms with E-state index in [9.17, 15) is 46.1 Å². The van der Waals surface area contributed by atoms with Gasteiger partial charge in [-0.05, 0) is 53.2 Å². The highest BCUT2D eigenvalue weighted by atomic mass is 32.2. The number of carboxylic acid groups (broad SMARTS) is 1. The normalized spacial score (nSPS) is 19.2. The third kappa shape index (κ3) is 5.94. The Bertz CT molecular complexity index is 1620. The first kappa shape index (κ1) is 29.4. The molecule has 3 heterocycles. The Labute approximate surface area is 237 Å². The standard InChI is InChI=1S/C26H21F6N5O4S/c27-25(28,29)17-3-2-15(19(9-17)26(30,31)32)11-37-20-4-1-14(7-16(20)10-33-37)8-21-22(39)34-23(42-21)35-5-6-36(24(40)41)18(12-35)13-38/h1-4,7-10,18,38H,5-6,11-13H2,(H,40,41)/t18-/m1/s1. The van der Waals surface area contributed by atoms with Crippen LogP contribution in [0.4, 0.5) is 31.1 Å². The third-order valence-electron chi connectivity index (χ3n) is 6.85. The molecule has 0 saturated carbocycles. The predicted molar refractivity (Wildman–Crippen MR) is 140 cm³/mol. The lowest BCUT2D eigenvalue weighted by Gasteiger charge is -2.39. The van der Waals surface area contributed by atoms with E-state index in [1.54, 1.807) is 29.2 Å². The number of aliphatic hydroxyl groups is 1. The molecule has 1 atom stereocenters. The van der Waals surface area contributed by atoms with Crippen molar-refractivity contribution in [3.63, 3.8) is 0 Å². The molecule has 16 heteroatoms. The maximum absolute atomic E-state index is 13.6. The average molecular weight is 614 g/mol. The topological polar surface area (TPSA) is 111 Å². The highest BCUT2D eigenvalue weighted by Gasteiger charge is 2.38. The summed E-state index contributed by atoms with van der Waals surface area (Å²) in [5.41, 5.74) is -2.17. The van der Waals surface area contributed by atoms with Gasteiger partial charge in [0.1, 0.15) is 0 Å². The van der Waals surface area contributed by atoms with Crippen LogP contribution in [0.3, 0.4) is 0 Å². The van der Waals surface area contributed by atoms with Gasteiger partial charge in [0.2, 0.25) is 0 Å². The van der Waals surface area contributed by atoms with Crippen LogP contribution in [-0.4, -0.2) is 79.2 Å². The summed E-state index contributed by atoms with van der Waals surface area (Å²) in [5.74, 6) is -0.506. The van der Waals surface area contributed by atoms with Crippen molar-refractivity contribution in [3.8, 4) is 0 Å². The molecule has 2 N–H and O–H groups in total. The van der Waals surface area contributed by atoms with Crippen LogP contribution < -0.4 is 0 Å². The number of fused-ring (bicyclic) bond motifs is 1. The molecule has 0 spiro atoms. The molecule has 1 fully saturated rings. The molecule has 2 aliphatic rings. The molecule has 9 nitrogen and oxygen atoms in total. The van der Waals surface area contributed by atoms with E-state index in [4.69, 9.17) is 0 Å². The number of halogens is 6. The van der Waals surface area contributed by atoms with E-state index < -0.39 is 48.1 Å². The van der Waals surface area contributed by atoms with Crippen LogP contribution in [0.2, 0.25) is 0 Å². The zero-order chi connectivity index (χ0) is 30.4. The van der Waals surface area contributed by atoms with Crippen LogP contribution in [0.25, 0.3) is 17.0 Å². The van der Waals surface area contributed by atoms with Crippen molar-refractivity contribution in [2.75, 3.05) is 26.2 Å². The summed E-state index contributed by atoms with van der Waals surface area (Å²) in [7, 11) is 0. The van der Waals surface area contributed by atoms with Gasteiger partial charge in [-0.2, -0.15) is 36.4 Å². The van der Waals surface area contributed by atoms with Crippen LogP contribution in [0, 0.1) is 0 Å². The zero-order valence-electron chi connectivity index (χ0n) is 21.4. The number of amidine groups is 1. The molecule has 42 heavy (non-hydrogen) atoms. The Balaban J connectivity index is 1.34. The Hall–Kier alpha value is -4.05. The number of benzene rings is 2. The van der Waals surface area contributed by atoms with Crippen molar-refractivity contribution in [1.29, 1.82) is 0 Å². The number of nitrogens with zero attached hydrogens (tertiary/aromatic N) is 5. The number of thioether (sulfide) groups is 1. The number of carbonyl (C=O) groups is 2. The van der Waals surface area contributed by atoms with Crippen molar-refractivity contribution in [2.24, 2.45) is 4.99 Å². The number of aromatic nitrogens is 2. The smallest absolute Gasteiger partial charge is 0.416 e. The Morgan fingerprint density at radius 1 is 1.07 bits per heavy atom. The number of aliphatic imine (C=N–C) groups is 1. The molecule has 0 unspecified atom stereocenters. The maximum Gasteiger partial charge on any atom is 0.416 e. The molecule has 1 saturated heterocycles. The highest BCUT2D eigenvalue weighted by molar-refractivity contribution is 8.18. The number of hydrogen-bond donors (Lipinski definition) is 2. The molecule has 222 valence electrons. The van der Waals surface area contributed by atoms with Crippen molar-refractivity contribution in [1.82, 2.24) is 19.6 Å². The first-order valence-corrected chi connectivity index (χ1v) is 13.2. The van der Waals surface area contributed by atoms with Crippen molar-refractivity contribution in [2.45, 2.75) is 24.9 Å². The first-order chi connectivity index (χ1) is 19.7.